The van der Waals surface area contributed by atoms with E-state index in [1.807, 2.05) is 30.6 Å². The molecule has 0 aromatic heterocycles. The molecule has 0 radical (unpaired) electrons. The number of hydrogen-bond acceptors (Lipinski definition) is 4. The van der Waals surface area contributed by atoms with Gasteiger partial charge < -0.3 is 15.1 Å². The molecule has 0 amide bonds. The van der Waals surface area contributed by atoms with E-state index in [1.165, 1.54) is 11.4 Å². The molecule has 4 nitrogen and oxygen atoms in total. The van der Waals surface area contributed by atoms with Crippen molar-refractivity contribution in [3.8, 4) is 0 Å². The molecule has 4 rings (SSSR count). The molecule has 2 saturated heterocycles. The highest BCUT2D eigenvalue weighted by Gasteiger charge is 2.38. The second kappa shape index (κ2) is 6.34. The first-order valence-electron chi connectivity index (χ1n) is 8.07. The molecule has 0 saturated carbocycles. The molecule has 23 heavy (non-hydrogen) atoms. The van der Waals surface area contributed by atoms with Crippen LogP contribution in [0.3, 0.4) is 0 Å². The molecule has 2 atom stereocenters. The Morgan fingerprint density at radius 3 is 2.65 bits per heavy atom. The normalized spacial score (nSPS) is 26.6. The second-order valence-corrected chi connectivity index (χ2v) is 7.35. The molecule has 0 unspecified atom stereocenters. The van der Waals surface area contributed by atoms with Crippen LogP contribution in [0.4, 0.5) is 0 Å². The number of rotatable bonds is 3. The van der Waals surface area contributed by atoms with Crippen molar-refractivity contribution in [2.75, 3.05) is 32.7 Å². The van der Waals surface area contributed by atoms with Crippen molar-refractivity contribution >= 4 is 29.4 Å². The predicted molar refractivity (Wildman–Crippen MR) is 94.9 cm³/mol. The van der Waals surface area contributed by atoms with Crippen LogP contribution in [0.15, 0.2) is 35.2 Å². The number of aliphatic imine (C=N–C) groups is 1. The SMILES string of the molecule is Clc1ccc(CN2CC=NC=C2N2C[C@H]3CNC[C@H]3C2)cc1Cl. The van der Waals surface area contributed by atoms with Crippen molar-refractivity contribution in [2.45, 2.75) is 6.54 Å². The topological polar surface area (TPSA) is 30.9 Å². The maximum Gasteiger partial charge on any atom is 0.123 e. The Morgan fingerprint density at radius 2 is 1.91 bits per heavy atom. The number of likely N-dealkylation sites (tertiary alicyclic amines) is 1. The summed E-state index contributed by atoms with van der Waals surface area (Å²) in [6, 6.07) is 5.86. The van der Waals surface area contributed by atoms with Crippen molar-refractivity contribution in [1.29, 1.82) is 0 Å². The van der Waals surface area contributed by atoms with Crippen LogP contribution in [0, 0.1) is 11.8 Å². The zero-order valence-corrected chi connectivity index (χ0v) is 14.4. The van der Waals surface area contributed by atoms with Crippen LogP contribution < -0.4 is 5.32 Å². The van der Waals surface area contributed by atoms with Crippen LogP contribution in [0.1, 0.15) is 5.56 Å². The van der Waals surface area contributed by atoms with E-state index in [0.717, 1.165) is 51.1 Å². The molecule has 2 fully saturated rings. The Kier molecular flexibility index (Phi) is 4.22. The van der Waals surface area contributed by atoms with Gasteiger partial charge in [-0.2, -0.15) is 0 Å². The average molecular weight is 351 g/mol. The third-order valence-electron chi connectivity index (χ3n) is 4.99. The minimum Gasteiger partial charge on any atom is -0.356 e. The molecule has 122 valence electrons. The third-order valence-corrected chi connectivity index (χ3v) is 5.73. The van der Waals surface area contributed by atoms with E-state index in [4.69, 9.17) is 23.2 Å². The lowest BCUT2D eigenvalue weighted by atomic mass is 10.0. The Bertz CT molecular complexity index is 646. The molecular weight excluding hydrogens is 331 g/mol. The van der Waals surface area contributed by atoms with Crippen LogP contribution in [0.5, 0.6) is 0 Å². The molecule has 1 aromatic carbocycles. The van der Waals surface area contributed by atoms with Gasteiger partial charge in [-0.05, 0) is 29.5 Å². The molecule has 0 bridgehead atoms. The minimum absolute atomic E-state index is 0.603. The first-order chi connectivity index (χ1) is 11.2. The summed E-state index contributed by atoms with van der Waals surface area (Å²) in [6.45, 7) is 6.18. The van der Waals surface area contributed by atoms with E-state index in [1.54, 1.807) is 0 Å². The first kappa shape index (κ1) is 15.3. The van der Waals surface area contributed by atoms with E-state index in [2.05, 4.69) is 20.1 Å². The summed E-state index contributed by atoms with van der Waals surface area (Å²) in [4.78, 5) is 9.24. The van der Waals surface area contributed by atoms with Gasteiger partial charge in [-0.3, -0.25) is 4.99 Å². The van der Waals surface area contributed by atoms with Crippen LogP contribution in [-0.2, 0) is 6.54 Å². The van der Waals surface area contributed by atoms with Crippen LogP contribution in [0.25, 0.3) is 0 Å². The van der Waals surface area contributed by atoms with E-state index in [-0.39, 0.29) is 0 Å². The maximum absolute atomic E-state index is 6.15. The fourth-order valence-electron chi connectivity index (χ4n) is 3.77. The highest BCUT2D eigenvalue weighted by Crippen LogP contribution is 2.31. The van der Waals surface area contributed by atoms with Crippen molar-refractivity contribution < 1.29 is 0 Å². The molecular formula is C17H20Cl2N4. The van der Waals surface area contributed by atoms with Gasteiger partial charge in [0.05, 0.1) is 22.8 Å². The van der Waals surface area contributed by atoms with Crippen molar-refractivity contribution in [1.82, 2.24) is 15.1 Å². The van der Waals surface area contributed by atoms with Crippen LogP contribution >= 0.6 is 23.2 Å². The van der Waals surface area contributed by atoms with E-state index < -0.39 is 0 Å². The Morgan fingerprint density at radius 1 is 1.13 bits per heavy atom. The number of halogens is 2. The van der Waals surface area contributed by atoms with Gasteiger partial charge in [0.15, 0.2) is 0 Å². The number of hydrogen-bond donors (Lipinski definition) is 1. The molecule has 6 heteroatoms. The first-order valence-corrected chi connectivity index (χ1v) is 8.82. The predicted octanol–water partition coefficient (Wildman–Crippen LogP) is 2.83. The minimum atomic E-state index is 0.603. The number of nitrogens with zero attached hydrogens (tertiary/aromatic N) is 3. The molecule has 3 aliphatic heterocycles. The summed E-state index contributed by atoms with van der Waals surface area (Å²) in [5.41, 5.74) is 1.17. The molecule has 3 heterocycles. The van der Waals surface area contributed by atoms with Crippen molar-refractivity contribution in [2.24, 2.45) is 16.8 Å². The Balaban J connectivity index is 1.50. The van der Waals surface area contributed by atoms with Gasteiger partial charge in [-0.1, -0.05) is 29.3 Å². The number of nitrogens with one attached hydrogen (secondary N) is 1. The van der Waals surface area contributed by atoms with Gasteiger partial charge >= 0.3 is 0 Å². The quantitative estimate of drug-likeness (QED) is 0.909. The Hall–Kier alpha value is -1.23. The summed E-state index contributed by atoms with van der Waals surface area (Å²) >= 11 is 12.2. The smallest absolute Gasteiger partial charge is 0.123 e. The number of fused-ring (bicyclic) bond motifs is 1. The highest BCUT2D eigenvalue weighted by molar-refractivity contribution is 6.42. The summed E-state index contributed by atoms with van der Waals surface area (Å²) in [7, 11) is 0. The fraction of sp³-hybridized carbons (Fsp3) is 0.471. The maximum atomic E-state index is 6.15. The largest absolute Gasteiger partial charge is 0.356 e. The zero-order chi connectivity index (χ0) is 15.8. The second-order valence-electron chi connectivity index (χ2n) is 6.53. The summed E-state index contributed by atoms with van der Waals surface area (Å²) in [5.74, 6) is 2.77. The lowest BCUT2D eigenvalue weighted by molar-refractivity contribution is 0.237. The molecule has 3 aliphatic rings. The fourth-order valence-corrected chi connectivity index (χ4v) is 4.09. The molecule has 0 spiro atoms. The van der Waals surface area contributed by atoms with Crippen molar-refractivity contribution in [3.05, 3.63) is 45.8 Å². The summed E-state index contributed by atoms with van der Waals surface area (Å²) in [5, 5.41) is 4.71. The third kappa shape index (κ3) is 3.08. The summed E-state index contributed by atoms with van der Waals surface area (Å²) < 4.78 is 0. The summed E-state index contributed by atoms with van der Waals surface area (Å²) in [6.07, 6.45) is 3.95. The van der Waals surface area contributed by atoms with Gasteiger partial charge in [-0.25, -0.2) is 0 Å². The van der Waals surface area contributed by atoms with Crippen LogP contribution in [0.2, 0.25) is 10.0 Å². The standard InChI is InChI=1S/C17H20Cl2N4/c18-15-2-1-12(5-16(15)19)9-22-4-3-20-8-17(22)23-10-13-6-21-7-14(13)11-23/h1-3,5,8,13-14,21H,4,6-7,9-11H2/t13-,14+. The monoisotopic (exact) mass is 350 g/mol. The van der Waals surface area contributed by atoms with Gasteiger partial charge in [0.25, 0.3) is 0 Å². The average Bonchev–Trinajstić information content (AvgIpc) is 3.13. The highest BCUT2D eigenvalue weighted by atomic mass is 35.5. The van der Waals surface area contributed by atoms with E-state index in [0.29, 0.717) is 10.0 Å². The zero-order valence-electron chi connectivity index (χ0n) is 12.9. The van der Waals surface area contributed by atoms with Gasteiger partial charge in [-0.15, -0.1) is 0 Å². The lowest BCUT2D eigenvalue weighted by Gasteiger charge is -2.34. The van der Waals surface area contributed by atoms with Crippen molar-refractivity contribution in [3.63, 3.8) is 0 Å². The lowest BCUT2D eigenvalue weighted by Crippen LogP contribution is -2.37. The van der Waals surface area contributed by atoms with E-state index >= 15 is 0 Å². The van der Waals surface area contributed by atoms with E-state index in [9.17, 15) is 0 Å². The Labute approximate surface area is 146 Å². The van der Waals surface area contributed by atoms with Gasteiger partial charge in [0.1, 0.15) is 5.82 Å². The molecule has 1 aromatic rings. The molecule has 0 aliphatic carbocycles. The molecule has 1 N–H and O–H groups in total. The van der Waals surface area contributed by atoms with Gasteiger partial charge in [0, 0.05) is 38.9 Å². The van der Waals surface area contributed by atoms with Crippen LogP contribution in [-0.4, -0.2) is 48.7 Å². The van der Waals surface area contributed by atoms with Gasteiger partial charge in [0.2, 0.25) is 0 Å². The number of benzene rings is 1.